The van der Waals surface area contributed by atoms with Gasteiger partial charge in [-0.05, 0) is 11.8 Å². The van der Waals surface area contributed by atoms with E-state index < -0.39 is 0 Å². The molecule has 2 aliphatic rings. The van der Waals surface area contributed by atoms with E-state index in [0.717, 1.165) is 33.2 Å². The summed E-state index contributed by atoms with van der Waals surface area (Å²) in [6.07, 6.45) is 3.69. The molecule has 4 aromatic carbocycles. The predicted molar refractivity (Wildman–Crippen MR) is 153 cm³/mol. The Morgan fingerprint density at radius 2 is 1.24 bits per heavy atom. The van der Waals surface area contributed by atoms with Crippen LogP contribution in [0.2, 0.25) is 0 Å². The number of nitrogens with zero attached hydrogens (tertiary/aromatic N) is 3. The molecule has 0 spiro atoms. The van der Waals surface area contributed by atoms with Crippen LogP contribution in [-0.2, 0) is 21.1 Å². The fraction of sp³-hybridized carbons (Fsp3) is 0. The molecule has 0 bridgehead atoms. The van der Waals surface area contributed by atoms with E-state index in [1.807, 2.05) is 36.0 Å². The molecular formula is C32H18BN3PtS. The molecule has 0 amide bonds. The first kappa shape index (κ1) is 23.3. The second kappa shape index (κ2) is 9.20. The first-order chi connectivity index (χ1) is 18.4. The number of fused-ring (bicyclic) bond motifs is 11. The first-order valence-electron chi connectivity index (χ1n) is 12.3. The summed E-state index contributed by atoms with van der Waals surface area (Å²) in [4.78, 5) is 11.6. The molecule has 0 atom stereocenters. The maximum atomic E-state index is 4.61. The first-order valence-corrected chi connectivity index (χ1v) is 13.2. The Bertz CT molecular complexity index is 1800. The van der Waals surface area contributed by atoms with Gasteiger partial charge >= 0.3 is 27.9 Å². The molecule has 0 saturated heterocycles. The Morgan fingerprint density at radius 3 is 1.87 bits per heavy atom. The van der Waals surface area contributed by atoms with Crippen LogP contribution in [0, 0.1) is 12.1 Å². The average Bonchev–Trinajstić information content (AvgIpc) is 3.52. The van der Waals surface area contributed by atoms with Crippen molar-refractivity contribution >= 4 is 40.5 Å². The minimum absolute atomic E-state index is 0. The molecule has 0 aliphatic carbocycles. The summed E-state index contributed by atoms with van der Waals surface area (Å²) in [5.74, 6) is 0. The third-order valence-corrected chi connectivity index (χ3v) is 8.09. The average molecular weight is 682 g/mol. The summed E-state index contributed by atoms with van der Waals surface area (Å²) in [5, 5.41) is 2.99. The summed E-state index contributed by atoms with van der Waals surface area (Å²) in [7, 11) is 0. The summed E-state index contributed by atoms with van der Waals surface area (Å²) in [6, 6.07) is 39.8. The van der Waals surface area contributed by atoms with Crippen LogP contribution in [0.5, 0.6) is 0 Å². The van der Waals surface area contributed by atoms with E-state index in [1.165, 1.54) is 33.2 Å². The molecule has 8 rings (SSSR count). The maximum absolute atomic E-state index is 4.61. The monoisotopic (exact) mass is 682 g/mol. The maximum Gasteiger partial charge on any atom is 2.00 e. The summed E-state index contributed by atoms with van der Waals surface area (Å²) in [6.45, 7) is 0.0189. The van der Waals surface area contributed by atoms with Gasteiger partial charge in [-0.15, -0.1) is 47.5 Å². The number of pyridine rings is 1. The molecule has 6 aromatic rings. The van der Waals surface area contributed by atoms with Gasteiger partial charge in [0.1, 0.15) is 0 Å². The SMILES string of the molecule is [Pt+2].[c-]1c(-c2ccccn2)ccc2c1N1B(c3ccccc3-2)c2ccccc2-c2ccc(-c3nccs3)[c-]c21. The summed E-state index contributed by atoms with van der Waals surface area (Å²) >= 11 is 1.64. The quantitative estimate of drug-likeness (QED) is 0.157. The molecule has 2 aliphatic heterocycles. The summed E-state index contributed by atoms with van der Waals surface area (Å²) in [5.41, 5.74) is 12.4. The number of anilines is 2. The predicted octanol–water partition coefficient (Wildman–Crippen LogP) is 6.37. The third-order valence-electron chi connectivity index (χ3n) is 7.28. The Hall–Kier alpha value is -3.79. The zero-order chi connectivity index (χ0) is 24.3. The number of thiazole rings is 1. The number of rotatable bonds is 2. The van der Waals surface area contributed by atoms with Crippen LogP contribution in [0.4, 0.5) is 11.4 Å². The van der Waals surface area contributed by atoms with Gasteiger partial charge in [-0.3, -0.25) is 4.98 Å². The van der Waals surface area contributed by atoms with Gasteiger partial charge in [0.05, 0.1) is 0 Å². The van der Waals surface area contributed by atoms with Crippen LogP contribution >= 0.6 is 11.3 Å². The zero-order valence-corrected chi connectivity index (χ0v) is 23.1. The van der Waals surface area contributed by atoms with Gasteiger partial charge < -0.3 is 9.79 Å². The van der Waals surface area contributed by atoms with Gasteiger partial charge in [0.2, 0.25) is 0 Å². The zero-order valence-electron chi connectivity index (χ0n) is 20.0. The Labute approximate surface area is 240 Å². The van der Waals surface area contributed by atoms with Gasteiger partial charge in [-0.2, -0.15) is 11.3 Å². The van der Waals surface area contributed by atoms with Crippen molar-refractivity contribution in [3.8, 4) is 44.1 Å². The van der Waals surface area contributed by atoms with Crippen molar-refractivity contribution in [1.82, 2.24) is 9.97 Å². The van der Waals surface area contributed by atoms with Crippen LogP contribution in [0.25, 0.3) is 44.1 Å². The minimum atomic E-state index is 0. The van der Waals surface area contributed by atoms with Crippen molar-refractivity contribution in [2.24, 2.45) is 0 Å². The molecule has 0 fully saturated rings. The van der Waals surface area contributed by atoms with Gasteiger partial charge in [-0.25, -0.2) is 0 Å². The van der Waals surface area contributed by atoms with E-state index in [1.54, 1.807) is 11.3 Å². The van der Waals surface area contributed by atoms with Crippen molar-refractivity contribution in [3.63, 3.8) is 0 Å². The van der Waals surface area contributed by atoms with Crippen LogP contribution in [0.3, 0.4) is 0 Å². The molecule has 6 heteroatoms. The second-order valence-electron chi connectivity index (χ2n) is 9.27. The normalized spacial score (nSPS) is 12.4. The molecule has 0 unspecified atom stereocenters. The van der Waals surface area contributed by atoms with Gasteiger partial charge in [0.15, 0.2) is 0 Å². The van der Waals surface area contributed by atoms with Crippen LogP contribution in [0.1, 0.15) is 0 Å². The van der Waals surface area contributed by atoms with Crippen LogP contribution < -0.4 is 15.7 Å². The van der Waals surface area contributed by atoms with E-state index in [0.29, 0.717) is 0 Å². The fourth-order valence-corrected chi connectivity index (χ4v) is 6.33. The molecule has 180 valence electrons. The number of aromatic nitrogens is 2. The largest absolute Gasteiger partial charge is 2.00 e. The second-order valence-corrected chi connectivity index (χ2v) is 10.2. The van der Waals surface area contributed by atoms with Crippen molar-refractivity contribution < 1.29 is 21.1 Å². The van der Waals surface area contributed by atoms with Gasteiger partial charge in [-0.1, -0.05) is 105 Å². The molecule has 4 heterocycles. The van der Waals surface area contributed by atoms with E-state index >= 15 is 0 Å². The fourth-order valence-electron chi connectivity index (χ4n) is 5.71. The minimum Gasteiger partial charge on any atom is -0.407 e. The van der Waals surface area contributed by atoms with E-state index in [4.69, 9.17) is 0 Å². The Balaban J connectivity index is 0.00000242. The summed E-state index contributed by atoms with van der Waals surface area (Å²) < 4.78 is 0. The van der Waals surface area contributed by atoms with E-state index in [-0.39, 0.29) is 27.9 Å². The molecule has 38 heavy (non-hydrogen) atoms. The van der Waals surface area contributed by atoms with Crippen molar-refractivity contribution in [2.75, 3.05) is 4.81 Å². The van der Waals surface area contributed by atoms with E-state index in [2.05, 4.69) is 99.7 Å². The Morgan fingerprint density at radius 1 is 0.605 bits per heavy atom. The van der Waals surface area contributed by atoms with Crippen molar-refractivity contribution in [3.05, 3.63) is 121 Å². The molecule has 0 saturated carbocycles. The molecule has 0 radical (unpaired) electrons. The van der Waals surface area contributed by atoms with Crippen LogP contribution in [-0.4, -0.2) is 16.8 Å². The molecular weight excluding hydrogens is 664 g/mol. The number of hydrogen-bond donors (Lipinski definition) is 0. The standard InChI is InChI=1S/C32H18BN3S.Pt/c1-3-9-27-23(7-1)25-14-12-21(29-11-5-6-16-34-29)19-30(25)36-31-20-22(32-35-17-18-37-32)13-15-26(31)24-8-2-4-10-28(24)33(27)36;/h1-18H;/q-2;+2. The van der Waals surface area contributed by atoms with Crippen molar-refractivity contribution in [1.29, 1.82) is 0 Å². The van der Waals surface area contributed by atoms with Gasteiger partial charge in [0.25, 0.3) is 0 Å². The van der Waals surface area contributed by atoms with Gasteiger partial charge in [0, 0.05) is 22.8 Å². The topological polar surface area (TPSA) is 29.0 Å². The van der Waals surface area contributed by atoms with Crippen molar-refractivity contribution in [2.45, 2.75) is 0 Å². The third kappa shape index (κ3) is 3.46. The molecule has 3 nitrogen and oxygen atoms in total. The number of hydrogen-bond acceptors (Lipinski definition) is 4. The van der Waals surface area contributed by atoms with E-state index in [9.17, 15) is 0 Å². The van der Waals surface area contributed by atoms with Crippen LogP contribution in [0.15, 0.2) is 109 Å². The molecule has 2 aromatic heterocycles. The number of benzene rings is 4. The Kier molecular flexibility index (Phi) is 5.65. The smallest absolute Gasteiger partial charge is 0.407 e. The molecule has 0 N–H and O–H groups in total.